The van der Waals surface area contributed by atoms with Crippen LogP contribution >= 0.6 is 15.9 Å². The van der Waals surface area contributed by atoms with Gasteiger partial charge in [0.1, 0.15) is 5.69 Å². The second kappa shape index (κ2) is 6.46. The van der Waals surface area contributed by atoms with E-state index in [1.807, 2.05) is 17.6 Å². The van der Waals surface area contributed by atoms with Gasteiger partial charge >= 0.3 is 0 Å². The molecule has 0 radical (unpaired) electrons. The molecule has 6 heteroatoms. The van der Waals surface area contributed by atoms with Crippen molar-refractivity contribution < 1.29 is 4.79 Å². The maximum atomic E-state index is 12.4. The molecule has 1 heterocycles. The van der Waals surface area contributed by atoms with Crippen molar-refractivity contribution >= 4 is 33.2 Å². The number of aryl methyl sites for hydroxylation is 1. The highest BCUT2D eigenvalue weighted by Gasteiger charge is 2.14. The van der Waals surface area contributed by atoms with Gasteiger partial charge in [-0.2, -0.15) is 5.26 Å². The zero-order valence-electron chi connectivity index (χ0n) is 11.6. The molecule has 0 saturated heterocycles. The zero-order chi connectivity index (χ0) is 15.4. The smallest absolute Gasteiger partial charge is 0.272 e. The number of nitrogen functional groups attached to an aromatic ring is 1. The average molecular weight is 347 g/mol. The first kappa shape index (κ1) is 15.1. The highest BCUT2D eigenvalue weighted by Crippen LogP contribution is 2.24. The first-order chi connectivity index (χ1) is 10.0. The molecule has 1 aromatic carbocycles. The maximum absolute atomic E-state index is 12.4. The van der Waals surface area contributed by atoms with Gasteiger partial charge in [-0.3, -0.25) is 4.79 Å². The third-order valence-electron chi connectivity index (χ3n) is 2.96. The SMILES string of the molecule is CCCn1cc(N)cc1C(=O)Nc1ccc(C#N)cc1Br. The first-order valence-electron chi connectivity index (χ1n) is 6.51. The third kappa shape index (κ3) is 3.44. The van der Waals surface area contributed by atoms with Crippen LogP contribution in [0.2, 0.25) is 0 Å². The number of carbonyl (C=O) groups is 1. The minimum Gasteiger partial charge on any atom is -0.397 e. The number of hydrogen-bond donors (Lipinski definition) is 2. The van der Waals surface area contributed by atoms with Crippen molar-refractivity contribution in [2.24, 2.45) is 0 Å². The number of carbonyl (C=O) groups excluding carboxylic acids is 1. The van der Waals surface area contributed by atoms with Crippen LogP contribution in [0.25, 0.3) is 0 Å². The number of nitrogens with zero attached hydrogens (tertiary/aromatic N) is 2. The Morgan fingerprint density at radius 3 is 2.86 bits per heavy atom. The Kier molecular flexibility index (Phi) is 4.66. The number of nitrogens with two attached hydrogens (primary N) is 1. The van der Waals surface area contributed by atoms with E-state index in [0.717, 1.165) is 13.0 Å². The van der Waals surface area contributed by atoms with Crippen LogP contribution in [-0.4, -0.2) is 10.5 Å². The van der Waals surface area contributed by atoms with Crippen LogP contribution in [0.3, 0.4) is 0 Å². The van der Waals surface area contributed by atoms with Crippen LogP contribution in [0.15, 0.2) is 34.9 Å². The fraction of sp³-hybridized carbons (Fsp3) is 0.200. The van der Waals surface area contributed by atoms with Crippen LogP contribution in [0.4, 0.5) is 11.4 Å². The lowest BCUT2D eigenvalue weighted by molar-refractivity contribution is 0.101. The summed E-state index contributed by atoms with van der Waals surface area (Å²) in [5.74, 6) is -0.231. The summed E-state index contributed by atoms with van der Waals surface area (Å²) in [6.45, 7) is 2.77. The monoisotopic (exact) mass is 346 g/mol. The van der Waals surface area contributed by atoms with Crippen molar-refractivity contribution in [3.63, 3.8) is 0 Å². The Balaban J connectivity index is 2.24. The lowest BCUT2D eigenvalue weighted by Crippen LogP contribution is -2.17. The molecule has 0 atom stereocenters. The molecule has 21 heavy (non-hydrogen) atoms. The molecule has 0 bridgehead atoms. The Bertz CT molecular complexity index is 715. The van der Waals surface area contributed by atoms with Crippen molar-refractivity contribution in [2.45, 2.75) is 19.9 Å². The molecule has 0 aliphatic carbocycles. The second-order valence-electron chi connectivity index (χ2n) is 4.61. The lowest BCUT2D eigenvalue weighted by atomic mass is 10.2. The second-order valence-corrected chi connectivity index (χ2v) is 5.47. The minimum absolute atomic E-state index is 0.231. The van der Waals surface area contributed by atoms with Gasteiger partial charge in [-0.25, -0.2) is 0 Å². The maximum Gasteiger partial charge on any atom is 0.272 e. The molecular weight excluding hydrogens is 332 g/mol. The van der Waals surface area contributed by atoms with Crippen molar-refractivity contribution in [1.82, 2.24) is 4.57 Å². The predicted molar refractivity (Wildman–Crippen MR) is 85.9 cm³/mol. The number of nitriles is 1. The van der Waals surface area contributed by atoms with Gasteiger partial charge in [0.05, 0.1) is 23.0 Å². The summed E-state index contributed by atoms with van der Waals surface area (Å²) in [7, 11) is 0. The van der Waals surface area contributed by atoms with Gasteiger partial charge in [-0.1, -0.05) is 6.92 Å². The van der Waals surface area contributed by atoms with Gasteiger partial charge in [-0.05, 0) is 46.6 Å². The van der Waals surface area contributed by atoms with E-state index < -0.39 is 0 Å². The van der Waals surface area contributed by atoms with E-state index in [-0.39, 0.29) is 5.91 Å². The fourth-order valence-electron chi connectivity index (χ4n) is 2.02. The summed E-state index contributed by atoms with van der Waals surface area (Å²) in [5.41, 5.74) is 7.98. The molecule has 0 fully saturated rings. The average Bonchev–Trinajstić information content (AvgIpc) is 2.82. The largest absolute Gasteiger partial charge is 0.397 e. The highest BCUT2D eigenvalue weighted by atomic mass is 79.9. The highest BCUT2D eigenvalue weighted by molar-refractivity contribution is 9.10. The van der Waals surface area contributed by atoms with Crippen LogP contribution in [0.5, 0.6) is 0 Å². The van der Waals surface area contributed by atoms with Gasteiger partial charge < -0.3 is 15.6 Å². The Labute approximate surface area is 131 Å². The molecular formula is C15H15BrN4O. The number of amides is 1. The van der Waals surface area contributed by atoms with E-state index in [4.69, 9.17) is 11.0 Å². The van der Waals surface area contributed by atoms with E-state index in [1.54, 1.807) is 30.5 Å². The molecule has 1 aromatic heterocycles. The molecule has 2 rings (SSSR count). The van der Waals surface area contributed by atoms with Crippen LogP contribution in [-0.2, 0) is 6.54 Å². The summed E-state index contributed by atoms with van der Waals surface area (Å²) in [4.78, 5) is 12.4. The summed E-state index contributed by atoms with van der Waals surface area (Å²) >= 11 is 3.35. The van der Waals surface area contributed by atoms with E-state index in [9.17, 15) is 4.79 Å². The number of benzene rings is 1. The van der Waals surface area contributed by atoms with Crippen molar-refractivity contribution in [3.8, 4) is 6.07 Å². The minimum atomic E-state index is -0.231. The molecule has 0 aliphatic rings. The molecule has 2 aromatic rings. The van der Waals surface area contributed by atoms with E-state index in [2.05, 4.69) is 21.2 Å². The molecule has 1 amide bonds. The number of hydrogen-bond acceptors (Lipinski definition) is 3. The number of nitrogens with one attached hydrogen (secondary N) is 1. The van der Waals surface area contributed by atoms with E-state index in [1.165, 1.54) is 0 Å². The molecule has 3 N–H and O–H groups in total. The van der Waals surface area contributed by atoms with Crippen LogP contribution < -0.4 is 11.1 Å². The molecule has 108 valence electrons. The van der Waals surface area contributed by atoms with Crippen LogP contribution in [0, 0.1) is 11.3 Å². The van der Waals surface area contributed by atoms with Crippen LogP contribution in [0.1, 0.15) is 29.4 Å². The van der Waals surface area contributed by atoms with Gasteiger partial charge in [-0.15, -0.1) is 0 Å². The first-order valence-corrected chi connectivity index (χ1v) is 7.31. The molecule has 5 nitrogen and oxygen atoms in total. The number of anilines is 2. The van der Waals surface area contributed by atoms with Gasteiger partial charge in [0.2, 0.25) is 0 Å². The summed E-state index contributed by atoms with van der Waals surface area (Å²) < 4.78 is 2.50. The standard InChI is InChI=1S/C15H15BrN4O/c1-2-5-20-9-11(18)7-14(20)15(21)19-13-4-3-10(8-17)6-12(13)16/h3-4,6-7,9H,2,5,18H2,1H3,(H,19,21). The quantitative estimate of drug-likeness (QED) is 0.889. The fourth-order valence-corrected chi connectivity index (χ4v) is 2.50. The molecule has 0 aliphatic heterocycles. The lowest BCUT2D eigenvalue weighted by Gasteiger charge is -2.10. The van der Waals surface area contributed by atoms with Gasteiger partial charge in [0.15, 0.2) is 0 Å². The normalized spacial score (nSPS) is 10.1. The van der Waals surface area contributed by atoms with E-state index >= 15 is 0 Å². The Morgan fingerprint density at radius 1 is 1.48 bits per heavy atom. The molecule has 0 spiro atoms. The Morgan fingerprint density at radius 2 is 2.24 bits per heavy atom. The summed E-state index contributed by atoms with van der Waals surface area (Å²) in [6, 6.07) is 8.71. The predicted octanol–water partition coefficient (Wildman–Crippen LogP) is 3.37. The van der Waals surface area contributed by atoms with Crippen molar-refractivity contribution in [1.29, 1.82) is 5.26 Å². The third-order valence-corrected chi connectivity index (χ3v) is 3.62. The van der Waals surface area contributed by atoms with Gasteiger partial charge in [0.25, 0.3) is 5.91 Å². The number of halogens is 1. The van der Waals surface area contributed by atoms with Gasteiger partial charge in [0, 0.05) is 17.2 Å². The topological polar surface area (TPSA) is 83.8 Å². The number of aromatic nitrogens is 1. The summed E-state index contributed by atoms with van der Waals surface area (Å²) in [6.07, 6.45) is 2.67. The van der Waals surface area contributed by atoms with Crippen molar-refractivity contribution in [2.75, 3.05) is 11.1 Å². The summed E-state index contributed by atoms with van der Waals surface area (Å²) in [5, 5.41) is 11.7. The Hall–Kier alpha value is -2.26. The zero-order valence-corrected chi connectivity index (χ0v) is 13.1. The molecule has 0 unspecified atom stereocenters. The van der Waals surface area contributed by atoms with Crippen molar-refractivity contribution in [3.05, 3.63) is 46.2 Å². The van der Waals surface area contributed by atoms with E-state index in [0.29, 0.717) is 27.1 Å². The molecule has 0 saturated carbocycles. The number of rotatable bonds is 4.